The molecule has 1 rings (SSSR count). The molecule has 0 saturated heterocycles. The topological polar surface area (TPSA) is 67.6 Å². The number of carbonyl (C=O) groups is 1. The molecule has 17 heavy (non-hydrogen) atoms. The van der Waals surface area contributed by atoms with E-state index in [0.717, 1.165) is 0 Å². The van der Waals surface area contributed by atoms with E-state index in [1.54, 1.807) is 32.3 Å². The summed E-state index contributed by atoms with van der Waals surface area (Å²) in [5, 5.41) is 1.96. The van der Waals surface area contributed by atoms with Crippen LogP contribution in [0, 0.1) is 0 Å². The zero-order valence-corrected chi connectivity index (χ0v) is 10.8. The van der Waals surface area contributed by atoms with Crippen molar-refractivity contribution in [1.82, 2.24) is 10.4 Å². The number of hydrogen-bond acceptors (Lipinski definition) is 4. The number of nitrogens with two attached hydrogens (primary N) is 1. The van der Waals surface area contributed by atoms with Gasteiger partial charge in [-0.2, -0.15) is 0 Å². The maximum Gasteiger partial charge on any atom is 0.255 e. The fraction of sp³-hybridized carbons (Fsp3) is 0.364. The summed E-state index contributed by atoms with van der Waals surface area (Å²) in [6.07, 6.45) is 0. The van der Waals surface area contributed by atoms with Crippen molar-refractivity contribution in [3.63, 3.8) is 0 Å². The summed E-state index contributed by atoms with van der Waals surface area (Å²) in [5.74, 6) is 0.256. The average Bonchev–Trinajstić information content (AvgIpc) is 2.27. The van der Waals surface area contributed by atoms with Crippen LogP contribution < -0.4 is 15.9 Å². The SMILES string of the molecule is COc1ccc(C(N)C(=O)NN(C)C)cc1Cl. The summed E-state index contributed by atoms with van der Waals surface area (Å²) in [4.78, 5) is 11.7. The minimum Gasteiger partial charge on any atom is -0.495 e. The van der Waals surface area contributed by atoms with Crippen LogP contribution in [-0.2, 0) is 4.79 Å². The number of methoxy groups -OCH3 is 1. The first-order chi connectivity index (χ1) is 7.95. The third kappa shape index (κ3) is 3.59. The Balaban J connectivity index is 2.85. The number of nitrogens with one attached hydrogen (secondary N) is 1. The number of hydrogen-bond donors (Lipinski definition) is 2. The number of nitrogens with zero attached hydrogens (tertiary/aromatic N) is 1. The molecule has 0 aromatic heterocycles. The highest BCUT2D eigenvalue weighted by atomic mass is 35.5. The number of halogens is 1. The van der Waals surface area contributed by atoms with Gasteiger partial charge in [-0.15, -0.1) is 0 Å². The molecule has 0 saturated carbocycles. The van der Waals surface area contributed by atoms with Crippen LogP contribution in [0.3, 0.4) is 0 Å². The van der Waals surface area contributed by atoms with Crippen molar-refractivity contribution >= 4 is 17.5 Å². The summed E-state index contributed by atoms with van der Waals surface area (Å²) < 4.78 is 5.02. The second-order valence-electron chi connectivity index (χ2n) is 3.74. The first-order valence-electron chi connectivity index (χ1n) is 5.02. The summed E-state index contributed by atoms with van der Waals surface area (Å²) in [5.41, 5.74) is 9.03. The Morgan fingerprint density at radius 1 is 1.53 bits per heavy atom. The second-order valence-corrected chi connectivity index (χ2v) is 4.15. The van der Waals surface area contributed by atoms with Gasteiger partial charge in [0, 0.05) is 14.1 Å². The van der Waals surface area contributed by atoms with Gasteiger partial charge in [0.15, 0.2) is 0 Å². The highest BCUT2D eigenvalue weighted by Crippen LogP contribution is 2.26. The summed E-state index contributed by atoms with van der Waals surface area (Å²) in [6.45, 7) is 0. The van der Waals surface area contributed by atoms with Crippen molar-refractivity contribution in [3.8, 4) is 5.75 Å². The summed E-state index contributed by atoms with van der Waals surface area (Å²) in [7, 11) is 4.96. The normalized spacial score (nSPS) is 12.4. The van der Waals surface area contributed by atoms with Crippen LogP contribution in [0.15, 0.2) is 18.2 Å². The minimum atomic E-state index is -0.763. The average molecular weight is 258 g/mol. The molecule has 0 bridgehead atoms. The number of benzene rings is 1. The Hall–Kier alpha value is -1.30. The predicted octanol–water partition coefficient (Wildman–Crippen LogP) is 0.941. The van der Waals surface area contributed by atoms with Crippen LogP contribution >= 0.6 is 11.6 Å². The maximum atomic E-state index is 11.7. The van der Waals surface area contributed by atoms with E-state index >= 15 is 0 Å². The molecule has 0 radical (unpaired) electrons. The van der Waals surface area contributed by atoms with Crippen LogP contribution in [0.4, 0.5) is 0 Å². The van der Waals surface area contributed by atoms with Gasteiger partial charge in [0.05, 0.1) is 12.1 Å². The van der Waals surface area contributed by atoms with Gasteiger partial charge in [-0.1, -0.05) is 17.7 Å². The first kappa shape index (κ1) is 13.8. The van der Waals surface area contributed by atoms with Crippen molar-refractivity contribution in [2.75, 3.05) is 21.2 Å². The lowest BCUT2D eigenvalue weighted by atomic mass is 10.1. The van der Waals surface area contributed by atoms with Crippen LogP contribution in [-0.4, -0.2) is 32.1 Å². The van der Waals surface area contributed by atoms with Crippen LogP contribution in [0.5, 0.6) is 5.75 Å². The lowest BCUT2D eigenvalue weighted by Crippen LogP contribution is -2.41. The largest absolute Gasteiger partial charge is 0.495 e. The van der Waals surface area contributed by atoms with Crippen molar-refractivity contribution < 1.29 is 9.53 Å². The van der Waals surface area contributed by atoms with Gasteiger partial charge in [-0.05, 0) is 17.7 Å². The van der Waals surface area contributed by atoms with Gasteiger partial charge in [0.2, 0.25) is 0 Å². The third-order valence-corrected chi connectivity index (χ3v) is 2.45. The third-order valence-electron chi connectivity index (χ3n) is 2.15. The molecule has 1 unspecified atom stereocenters. The summed E-state index contributed by atoms with van der Waals surface area (Å²) in [6, 6.07) is 4.26. The van der Waals surface area contributed by atoms with Crippen LogP contribution in [0.2, 0.25) is 5.02 Å². The first-order valence-corrected chi connectivity index (χ1v) is 5.40. The molecule has 0 aliphatic carbocycles. The van der Waals surface area contributed by atoms with Gasteiger partial charge in [0.1, 0.15) is 11.8 Å². The Morgan fingerprint density at radius 2 is 2.18 bits per heavy atom. The Labute approximate surface area is 105 Å². The highest BCUT2D eigenvalue weighted by molar-refractivity contribution is 6.32. The fourth-order valence-electron chi connectivity index (χ4n) is 1.32. The lowest BCUT2D eigenvalue weighted by Gasteiger charge is -2.17. The van der Waals surface area contributed by atoms with Gasteiger partial charge in [-0.3, -0.25) is 10.2 Å². The van der Waals surface area contributed by atoms with Crippen molar-refractivity contribution in [2.24, 2.45) is 5.73 Å². The number of carbonyl (C=O) groups excluding carboxylic acids is 1. The minimum absolute atomic E-state index is 0.295. The number of amides is 1. The smallest absolute Gasteiger partial charge is 0.255 e. The van der Waals surface area contributed by atoms with E-state index in [0.29, 0.717) is 16.3 Å². The Morgan fingerprint density at radius 3 is 2.65 bits per heavy atom. The molecule has 6 heteroatoms. The Kier molecular flexibility index (Phi) is 4.74. The van der Waals surface area contributed by atoms with Gasteiger partial charge in [-0.25, -0.2) is 5.01 Å². The van der Waals surface area contributed by atoms with E-state index in [1.165, 1.54) is 12.1 Å². The lowest BCUT2D eigenvalue weighted by molar-refractivity contribution is -0.126. The van der Waals surface area contributed by atoms with E-state index in [4.69, 9.17) is 22.1 Å². The van der Waals surface area contributed by atoms with E-state index < -0.39 is 6.04 Å². The quantitative estimate of drug-likeness (QED) is 0.788. The molecular formula is C11H16ClN3O2. The molecule has 0 aliphatic heterocycles. The molecule has 94 valence electrons. The molecule has 1 aromatic rings. The zero-order valence-electron chi connectivity index (χ0n) is 10.0. The van der Waals surface area contributed by atoms with Crippen molar-refractivity contribution in [3.05, 3.63) is 28.8 Å². The zero-order chi connectivity index (χ0) is 13.0. The molecule has 1 atom stereocenters. The van der Waals surface area contributed by atoms with E-state index in [2.05, 4.69) is 5.43 Å². The van der Waals surface area contributed by atoms with E-state index in [-0.39, 0.29) is 5.91 Å². The molecule has 0 aliphatic rings. The maximum absolute atomic E-state index is 11.7. The van der Waals surface area contributed by atoms with Gasteiger partial charge in [0.25, 0.3) is 5.91 Å². The summed E-state index contributed by atoms with van der Waals surface area (Å²) >= 11 is 5.96. The standard InChI is InChI=1S/C11H16ClN3O2/c1-15(2)14-11(16)10(13)7-4-5-9(17-3)8(12)6-7/h4-6,10H,13H2,1-3H3,(H,14,16). The molecule has 3 N–H and O–H groups in total. The molecule has 0 fully saturated rings. The van der Waals surface area contributed by atoms with Gasteiger partial charge >= 0.3 is 0 Å². The highest BCUT2D eigenvalue weighted by Gasteiger charge is 2.17. The van der Waals surface area contributed by atoms with Crippen LogP contribution in [0.1, 0.15) is 11.6 Å². The van der Waals surface area contributed by atoms with Crippen LogP contribution in [0.25, 0.3) is 0 Å². The second kappa shape index (κ2) is 5.86. The van der Waals surface area contributed by atoms with Crippen molar-refractivity contribution in [1.29, 1.82) is 0 Å². The Bertz CT molecular complexity index is 410. The van der Waals surface area contributed by atoms with Gasteiger partial charge < -0.3 is 10.5 Å². The molecule has 1 amide bonds. The fourth-order valence-corrected chi connectivity index (χ4v) is 1.58. The van der Waals surface area contributed by atoms with Crippen molar-refractivity contribution in [2.45, 2.75) is 6.04 Å². The number of rotatable bonds is 4. The molecule has 5 nitrogen and oxygen atoms in total. The number of ether oxygens (including phenoxy) is 1. The molecule has 0 heterocycles. The molecule has 0 spiro atoms. The molecule has 1 aromatic carbocycles. The van der Waals surface area contributed by atoms with E-state index in [1.807, 2.05) is 0 Å². The monoisotopic (exact) mass is 257 g/mol. The number of hydrazine groups is 1. The predicted molar refractivity (Wildman–Crippen MR) is 66.8 cm³/mol. The molecular weight excluding hydrogens is 242 g/mol. The van der Waals surface area contributed by atoms with E-state index in [9.17, 15) is 4.79 Å².